The topological polar surface area (TPSA) is 73.9 Å². The van der Waals surface area contributed by atoms with Crippen LogP contribution in [0.25, 0.3) is 22.2 Å². The number of para-hydroxylation sites is 1. The van der Waals surface area contributed by atoms with Gasteiger partial charge in [-0.3, -0.25) is 0 Å². The van der Waals surface area contributed by atoms with Gasteiger partial charge >= 0.3 is 0 Å². The average molecular weight is 447 g/mol. The highest BCUT2D eigenvalue weighted by Gasteiger charge is 2.15. The van der Waals surface area contributed by atoms with Gasteiger partial charge in [0.15, 0.2) is 0 Å². The van der Waals surface area contributed by atoms with E-state index in [1.165, 1.54) is 16.7 Å². The molecule has 0 fully saturated rings. The minimum atomic E-state index is 0.205. The monoisotopic (exact) mass is 446 g/mol. The number of hydrogen-bond acceptors (Lipinski definition) is 5. The van der Waals surface area contributed by atoms with Crippen molar-refractivity contribution >= 4 is 16.9 Å². The Morgan fingerprint density at radius 1 is 0.765 bits per heavy atom. The lowest BCUT2D eigenvalue weighted by molar-refractivity contribution is 0.294. The molecule has 34 heavy (non-hydrogen) atoms. The minimum Gasteiger partial charge on any atom is -0.473 e. The summed E-state index contributed by atoms with van der Waals surface area (Å²) >= 11 is 0. The summed E-state index contributed by atoms with van der Waals surface area (Å²) in [6, 6.07) is 29.1. The fraction of sp³-hybridized carbons (Fsp3) is 0.138. The number of nitrogens with two attached hydrogens (primary N) is 1. The normalized spacial score (nSPS) is 11.0. The third kappa shape index (κ3) is 4.59. The van der Waals surface area contributed by atoms with Crippen molar-refractivity contribution < 1.29 is 4.74 Å². The first-order valence-corrected chi connectivity index (χ1v) is 11.3. The van der Waals surface area contributed by atoms with Crippen LogP contribution in [-0.4, -0.2) is 15.0 Å². The maximum absolute atomic E-state index is 6.06. The molecule has 0 atom stereocenters. The van der Waals surface area contributed by atoms with Gasteiger partial charge in [0, 0.05) is 28.3 Å². The summed E-state index contributed by atoms with van der Waals surface area (Å²) in [6.07, 6.45) is 0.827. The van der Waals surface area contributed by atoms with Crippen LogP contribution in [0.4, 0.5) is 5.95 Å². The van der Waals surface area contributed by atoms with Crippen LogP contribution in [0.3, 0.4) is 0 Å². The van der Waals surface area contributed by atoms with Crippen LogP contribution in [0.15, 0.2) is 84.9 Å². The fourth-order valence-corrected chi connectivity index (χ4v) is 4.23. The Bertz CT molecular complexity index is 1440. The molecule has 0 aliphatic rings. The van der Waals surface area contributed by atoms with Crippen LogP contribution in [0.5, 0.6) is 5.88 Å². The number of pyridine rings is 1. The summed E-state index contributed by atoms with van der Waals surface area (Å²) in [5.41, 5.74) is 14.2. The predicted molar refractivity (Wildman–Crippen MR) is 137 cm³/mol. The summed E-state index contributed by atoms with van der Waals surface area (Å²) in [5.74, 6) is 0.662. The molecule has 0 saturated heterocycles. The van der Waals surface area contributed by atoms with Gasteiger partial charge in [0.2, 0.25) is 11.8 Å². The van der Waals surface area contributed by atoms with E-state index >= 15 is 0 Å². The molecule has 5 nitrogen and oxygen atoms in total. The second kappa shape index (κ2) is 9.32. The van der Waals surface area contributed by atoms with Gasteiger partial charge in [-0.15, -0.1) is 0 Å². The molecular formula is C29H26N4O. The maximum Gasteiger partial charge on any atom is 0.223 e. The quantitative estimate of drug-likeness (QED) is 0.343. The number of aromatic nitrogens is 3. The zero-order valence-electron chi connectivity index (χ0n) is 19.3. The molecule has 0 aliphatic carbocycles. The molecule has 2 N–H and O–H groups in total. The maximum atomic E-state index is 6.06. The van der Waals surface area contributed by atoms with E-state index in [4.69, 9.17) is 15.5 Å². The third-order valence-electron chi connectivity index (χ3n) is 5.87. The van der Waals surface area contributed by atoms with E-state index in [9.17, 15) is 0 Å². The Labute approximate surface area is 199 Å². The van der Waals surface area contributed by atoms with E-state index in [2.05, 4.69) is 77.6 Å². The van der Waals surface area contributed by atoms with Crippen molar-refractivity contribution in [2.75, 3.05) is 5.73 Å². The summed E-state index contributed by atoms with van der Waals surface area (Å²) in [6.45, 7) is 4.30. The minimum absolute atomic E-state index is 0.205. The molecule has 0 saturated carbocycles. The van der Waals surface area contributed by atoms with Crippen molar-refractivity contribution in [3.8, 4) is 17.1 Å². The number of benzene rings is 3. The van der Waals surface area contributed by atoms with Gasteiger partial charge in [0.1, 0.15) is 6.61 Å². The fourth-order valence-electron chi connectivity index (χ4n) is 4.23. The molecule has 5 aromatic rings. The second-order valence-electron chi connectivity index (χ2n) is 8.46. The Morgan fingerprint density at radius 2 is 1.56 bits per heavy atom. The highest BCUT2D eigenvalue weighted by Crippen LogP contribution is 2.31. The molecule has 5 rings (SSSR count). The standard InChI is InChI=1S/C29H26N4O/c1-19-9-6-7-14-25(19)28-24(18-34-26-15-20(2)31-29(30)32-26)17-23-13-8-12-22(27(23)33-28)16-21-10-4-3-5-11-21/h3-15,17H,16,18H2,1-2H3,(H2,30,31,32). The van der Waals surface area contributed by atoms with Gasteiger partial charge in [-0.2, -0.15) is 4.98 Å². The largest absolute Gasteiger partial charge is 0.473 e. The van der Waals surface area contributed by atoms with Gasteiger partial charge < -0.3 is 10.5 Å². The van der Waals surface area contributed by atoms with Crippen LogP contribution in [0, 0.1) is 13.8 Å². The predicted octanol–water partition coefficient (Wildman–Crippen LogP) is 6.06. The van der Waals surface area contributed by atoms with E-state index in [-0.39, 0.29) is 5.95 Å². The van der Waals surface area contributed by atoms with Gasteiger partial charge in [-0.05, 0) is 43.0 Å². The summed E-state index contributed by atoms with van der Waals surface area (Å²) in [7, 11) is 0. The average Bonchev–Trinajstić information content (AvgIpc) is 2.83. The lowest BCUT2D eigenvalue weighted by atomic mass is 9.97. The molecule has 3 aromatic carbocycles. The number of hydrogen-bond donors (Lipinski definition) is 1. The van der Waals surface area contributed by atoms with Gasteiger partial charge in [-0.25, -0.2) is 9.97 Å². The Morgan fingerprint density at radius 3 is 2.35 bits per heavy atom. The van der Waals surface area contributed by atoms with Crippen LogP contribution in [0.1, 0.15) is 27.9 Å². The zero-order valence-corrected chi connectivity index (χ0v) is 19.3. The first-order chi connectivity index (χ1) is 16.6. The van der Waals surface area contributed by atoms with Gasteiger partial charge in [-0.1, -0.05) is 72.8 Å². The van der Waals surface area contributed by atoms with Crippen molar-refractivity contribution in [1.82, 2.24) is 15.0 Å². The Hall–Kier alpha value is -4.25. The highest BCUT2D eigenvalue weighted by molar-refractivity contribution is 5.86. The van der Waals surface area contributed by atoms with Crippen LogP contribution < -0.4 is 10.5 Å². The molecule has 2 aromatic heterocycles. The van der Waals surface area contributed by atoms with Crippen molar-refractivity contribution in [1.29, 1.82) is 0 Å². The molecule has 0 unspecified atom stereocenters. The number of nitrogen functional groups attached to an aromatic ring is 1. The summed E-state index contributed by atoms with van der Waals surface area (Å²) < 4.78 is 6.06. The number of fused-ring (bicyclic) bond motifs is 1. The number of aryl methyl sites for hydroxylation is 2. The van der Waals surface area contributed by atoms with Crippen LogP contribution in [0.2, 0.25) is 0 Å². The van der Waals surface area contributed by atoms with Crippen molar-refractivity contribution in [3.63, 3.8) is 0 Å². The third-order valence-corrected chi connectivity index (χ3v) is 5.87. The number of ether oxygens (including phenoxy) is 1. The van der Waals surface area contributed by atoms with E-state index in [0.717, 1.165) is 39.8 Å². The molecule has 5 heteroatoms. The molecule has 168 valence electrons. The Balaban J connectivity index is 1.60. The lowest BCUT2D eigenvalue weighted by Crippen LogP contribution is -2.05. The lowest BCUT2D eigenvalue weighted by Gasteiger charge is -2.15. The van der Waals surface area contributed by atoms with E-state index < -0.39 is 0 Å². The summed E-state index contributed by atoms with van der Waals surface area (Å²) in [4.78, 5) is 13.6. The molecule has 0 amide bonds. The van der Waals surface area contributed by atoms with E-state index in [1.54, 1.807) is 6.07 Å². The van der Waals surface area contributed by atoms with Gasteiger partial charge in [0.25, 0.3) is 0 Å². The SMILES string of the molecule is Cc1cc(OCc2cc3cccc(Cc4ccccc4)c3nc2-c2ccccc2C)nc(N)n1. The first-order valence-electron chi connectivity index (χ1n) is 11.3. The van der Waals surface area contributed by atoms with Crippen molar-refractivity contribution in [2.45, 2.75) is 26.9 Å². The number of rotatable bonds is 6. The first kappa shape index (κ1) is 21.6. The number of anilines is 1. The van der Waals surface area contributed by atoms with Crippen molar-refractivity contribution in [3.05, 3.63) is 113 Å². The van der Waals surface area contributed by atoms with Gasteiger partial charge in [0.05, 0.1) is 11.2 Å². The molecule has 0 bridgehead atoms. The molecule has 0 radical (unpaired) electrons. The van der Waals surface area contributed by atoms with Crippen molar-refractivity contribution in [2.24, 2.45) is 0 Å². The Kier molecular flexibility index (Phi) is 5.91. The summed E-state index contributed by atoms with van der Waals surface area (Å²) in [5, 5.41) is 1.09. The molecule has 2 heterocycles. The van der Waals surface area contributed by atoms with E-state index in [0.29, 0.717) is 12.5 Å². The number of nitrogens with zero attached hydrogens (tertiary/aromatic N) is 3. The smallest absolute Gasteiger partial charge is 0.223 e. The van der Waals surface area contributed by atoms with Crippen LogP contribution >= 0.6 is 0 Å². The van der Waals surface area contributed by atoms with E-state index in [1.807, 2.05) is 25.1 Å². The molecular weight excluding hydrogens is 420 g/mol. The second-order valence-corrected chi connectivity index (χ2v) is 8.46. The molecule has 0 spiro atoms. The highest BCUT2D eigenvalue weighted by atomic mass is 16.5. The molecule has 0 aliphatic heterocycles. The zero-order chi connectivity index (χ0) is 23.5. The van der Waals surface area contributed by atoms with Crippen LogP contribution in [-0.2, 0) is 13.0 Å².